The zero-order valence-electron chi connectivity index (χ0n) is 17.4. The summed E-state index contributed by atoms with van der Waals surface area (Å²) in [5, 5.41) is 34.6. The smallest absolute Gasteiger partial charge is 0.272 e. The first-order valence-corrected chi connectivity index (χ1v) is 12.6. The molecule has 0 unspecified atom stereocenters. The van der Waals surface area contributed by atoms with Gasteiger partial charge in [-0.05, 0) is 6.07 Å². The summed E-state index contributed by atoms with van der Waals surface area (Å²) in [6.45, 7) is 0. The second-order valence-corrected chi connectivity index (χ2v) is 11.3. The molecule has 1 aromatic rings. The molecule has 4 N–H and O–H groups in total. The van der Waals surface area contributed by atoms with Gasteiger partial charge in [0.15, 0.2) is 11.5 Å². The molecule has 4 heterocycles. The van der Waals surface area contributed by atoms with Crippen molar-refractivity contribution in [3.05, 3.63) is 29.8 Å². The minimum absolute atomic E-state index is 0.152. The first-order valence-electron chi connectivity index (χ1n) is 10.0. The second kappa shape index (κ2) is 7.85. The van der Waals surface area contributed by atoms with Crippen molar-refractivity contribution in [2.24, 2.45) is 0 Å². The molecule has 1 aromatic carbocycles. The standard InChI is InChI=1S/C20H21ClN2O8S2/c1-29-8-5-9(14(25)11(6-8)30-2)15-13-17(26)23-20(33-32-15,18(27)22-13)7-19(28)12(21)4-3-10(24)16(19)31-23/h3-6,10,12-13,15-16,24-25,28H,7H2,1-2H3,(H,22,27)/t10-,12-,13-,15-,16+,19+,20-/m1/s1. The van der Waals surface area contributed by atoms with Crippen LogP contribution in [0.2, 0.25) is 0 Å². The zero-order valence-corrected chi connectivity index (χ0v) is 19.8. The maximum atomic E-state index is 13.6. The van der Waals surface area contributed by atoms with Gasteiger partial charge in [-0.15, -0.1) is 11.6 Å². The molecule has 4 aliphatic heterocycles. The van der Waals surface area contributed by atoms with Crippen LogP contribution in [0.3, 0.4) is 0 Å². The number of halogens is 1. The SMILES string of the molecule is COc1cc(OC)c(O)c([C@H]2SS[C@@]34C[C@]5(O)[C@H](Cl)C=C[C@@H](O)[C@@H]5ON3C(=O)[C@@H]2NC4=O)c1. The summed E-state index contributed by atoms with van der Waals surface area (Å²) in [5.41, 5.74) is -1.47. The number of hydroxylamine groups is 2. The predicted molar refractivity (Wildman–Crippen MR) is 120 cm³/mol. The third-order valence-electron chi connectivity index (χ3n) is 6.37. The number of hydrogen-bond donors (Lipinski definition) is 4. The van der Waals surface area contributed by atoms with Gasteiger partial charge in [-0.2, -0.15) is 5.06 Å². The Bertz CT molecular complexity index is 1060. The summed E-state index contributed by atoms with van der Waals surface area (Å²) in [6.07, 6.45) is 0.117. The summed E-state index contributed by atoms with van der Waals surface area (Å²) < 4.78 is 10.5. The first-order chi connectivity index (χ1) is 15.7. The quantitative estimate of drug-likeness (QED) is 0.260. The van der Waals surface area contributed by atoms with Crippen molar-refractivity contribution in [1.29, 1.82) is 0 Å². The molecule has 2 amide bonds. The lowest BCUT2D eigenvalue weighted by Crippen LogP contribution is -2.77. The third kappa shape index (κ3) is 3.15. The monoisotopic (exact) mass is 516 g/mol. The van der Waals surface area contributed by atoms with E-state index in [1.165, 1.54) is 43.2 Å². The third-order valence-corrected chi connectivity index (χ3v) is 10.2. The first kappa shape index (κ1) is 22.9. The van der Waals surface area contributed by atoms with Gasteiger partial charge in [0.1, 0.15) is 29.6 Å². The van der Waals surface area contributed by atoms with E-state index in [4.69, 9.17) is 25.9 Å². The lowest BCUT2D eigenvalue weighted by Gasteiger charge is -2.56. The number of aliphatic hydroxyl groups excluding tert-OH is 1. The molecule has 6 rings (SSSR count). The highest BCUT2D eigenvalue weighted by Crippen LogP contribution is 2.61. The Kier molecular flexibility index (Phi) is 5.46. The van der Waals surface area contributed by atoms with Crippen LogP contribution in [0.25, 0.3) is 0 Å². The maximum absolute atomic E-state index is 13.6. The van der Waals surface area contributed by atoms with Gasteiger partial charge in [0.05, 0.1) is 24.8 Å². The van der Waals surface area contributed by atoms with Crippen LogP contribution in [-0.2, 0) is 14.4 Å². The average molecular weight is 517 g/mol. The Balaban J connectivity index is 1.59. The van der Waals surface area contributed by atoms with Crippen molar-refractivity contribution < 1.29 is 39.2 Å². The van der Waals surface area contributed by atoms with E-state index in [-0.39, 0.29) is 17.9 Å². The van der Waals surface area contributed by atoms with Gasteiger partial charge in [0.25, 0.3) is 11.8 Å². The summed E-state index contributed by atoms with van der Waals surface area (Å²) in [4.78, 5) is 31.1. The highest BCUT2D eigenvalue weighted by Gasteiger charge is 2.69. The highest BCUT2D eigenvalue weighted by atomic mass is 35.5. The number of benzene rings is 1. The second-order valence-electron chi connectivity index (χ2n) is 8.21. The van der Waals surface area contributed by atoms with E-state index in [1.54, 1.807) is 6.07 Å². The molecule has 13 heteroatoms. The number of fused-ring (bicyclic) bond motifs is 4. The predicted octanol–water partition coefficient (Wildman–Crippen LogP) is 0.842. The van der Waals surface area contributed by atoms with Crippen molar-refractivity contribution in [2.45, 2.75) is 45.8 Å². The number of phenolic OH excluding ortho intramolecular Hbond substituents is 1. The number of phenols is 1. The van der Waals surface area contributed by atoms with E-state index in [1.807, 2.05) is 0 Å². The molecule has 5 aliphatic rings. The molecule has 4 saturated heterocycles. The van der Waals surface area contributed by atoms with Gasteiger partial charge < -0.3 is 30.1 Å². The number of alkyl halides is 1. The number of rotatable bonds is 3. The Morgan fingerprint density at radius 3 is 2.73 bits per heavy atom. The molecule has 1 aliphatic carbocycles. The summed E-state index contributed by atoms with van der Waals surface area (Å²) >= 11 is 6.36. The molecule has 2 bridgehead atoms. The van der Waals surface area contributed by atoms with E-state index in [9.17, 15) is 24.9 Å². The molecule has 0 radical (unpaired) electrons. The van der Waals surface area contributed by atoms with Gasteiger partial charge in [-0.3, -0.25) is 14.4 Å². The molecule has 178 valence electrons. The lowest BCUT2D eigenvalue weighted by atomic mass is 9.77. The molecule has 7 atom stereocenters. The number of ether oxygens (including phenoxy) is 2. The Morgan fingerprint density at radius 1 is 1.27 bits per heavy atom. The summed E-state index contributed by atoms with van der Waals surface area (Å²) in [7, 11) is 5.06. The van der Waals surface area contributed by atoms with Gasteiger partial charge >= 0.3 is 0 Å². The van der Waals surface area contributed by atoms with Crippen molar-refractivity contribution in [3.63, 3.8) is 0 Å². The molecule has 0 aromatic heterocycles. The fraction of sp³-hybridized carbons (Fsp3) is 0.500. The number of carbonyl (C=O) groups excluding carboxylic acids is 2. The van der Waals surface area contributed by atoms with Gasteiger partial charge in [0.2, 0.25) is 4.87 Å². The molecular formula is C20H21ClN2O8S2. The van der Waals surface area contributed by atoms with E-state index in [2.05, 4.69) is 5.32 Å². The van der Waals surface area contributed by atoms with Crippen molar-refractivity contribution in [3.8, 4) is 17.2 Å². The van der Waals surface area contributed by atoms with E-state index >= 15 is 0 Å². The molecule has 4 fully saturated rings. The summed E-state index contributed by atoms with van der Waals surface area (Å²) in [5.74, 6) is -0.754. The lowest BCUT2D eigenvalue weighted by molar-refractivity contribution is -0.313. The van der Waals surface area contributed by atoms with Crippen LogP contribution in [-0.4, -0.2) is 80.5 Å². The largest absolute Gasteiger partial charge is 0.504 e. The molecular weight excluding hydrogens is 496 g/mol. The number of hydrogen-bond acceptors (Lipinski definition) is 10. The van der Waals surface area contributed by atoms with Crippen LogP contribution in [0.15, 0.2) is 24.3 Å². The van der Waals surface area contributed by atoms with Crippen molar-refractivity contribution in [1.82, 2.24) is 10.4 Å². The molecule has 10 nitrogen and oxygen atoms in total. The number of aromatic hydroxyl groups is 1. The Hall–Kier alpha value is -1.83. The number of methoxy groups -OCH3 is 2. The van der Waals surface area contributed by atoms with Crippen LogP contribution in [0.5, 0.6) is 17.2 Å². The Morgan fingerprint density at radius 2 is 2.03 bits per heavy atom. The van der Waals surface area contributed by atoms with Gasteiger partial charge in [-0.1, -0.05) is 33.7 Å². The van der Waals surface area contributed by atoms with Gasteiger partial charge in [0, 0.05) is 18.1 Å². The number of amides is 2. The number of carbonyl (C=O) groups is 2. The molecule has 1 spiro atoms. The van der Waals surface area contributed by atoms with Crippen molar-refractivity contribution >= 4 is 45.0 Å². The fourth-order valence-corrected chi connectivity index (χ4v) is 8.39. The fourth-order valence-electron chi connectivity index (χ4n) is 4.60. The number of nitrogens with one attached hydrogen (secondary N) is 1. The van der Waals surface area contributed by atoms with Crippen LogP contribution in [0.4, 0.5) is 0 Å². The Labute approximate surface area is 201 Å². The minimum Gasteiger partial charge on any atom is -0.504 e. The average Bonchev–Trinajstić information content (AvgIpc) is 3.00. The maximum Gasteiger partial charge on any atom is 0.272 e. The topological polar surface area (TPSA) is 138 Å². The normalized spacial score (nSPS) is 39.4. The number of piperazine rings is 1. The van der Waals surface area contributed by atoms with Crippen LogP contribution in [0, 0.1) is 0 Å². The highest BCUT2D eigenvalue weighted by molar-refractivity contribution is 8.77. The van der Waals surface area contributed by atoms with Crippen LogP contribution < -0.4 is 14.8 Å². The number of nitrogens with zero attached hydrogens (tertiary/aromatic N) is 1. The van der Waals surface area contributed by atoms with E-state index in [0.29, 0.717) is 11.3 Å². The molecule has 33 heavy (non-hydrogen) atoms. The molecule has 0 saturated carbocycles. The number of aliphatic hydroxyl groups is 2. The van der Waals surface area contributed by atoms with Crippen LogP contribution in [0.1, 0.15) is 17.2 Å². The van der Waals surface area contributed by atoms with Crippen LogP contribution >= 0.6 is 33.2 Å². The van der Waals surface area contributed by atoms with Crippen molar-refractivity contribution in [2.75, 3.05) is 14.2 Å². The zero-order chi connectivity index (χ0) is 23.7. The van der Waals surface area contributed by atoms with Gasteiger partial charge in [-0.25, -0.2) is 0 Å². The summed E-state index contributed by atoms with van der Waals surface area (Å²) in [6, 6.07) is 1.98. The van der Waals surface area contributed by atoms with E-state index in [0.717, 1.165) is 15.9 Å². The van der Waals surface area contributed by atoms with E-state index < -0.39 is 51.2 Å². The minimum atomic E-state index is -1.80.